The number of pyridine rings is 1. The molecule has 13 heteroatoms. The molecule has 4 atom stereocenters. The molecule has 0 aromatic carbocycles. The van der Waals surface area contributed by atoms with Crippen LogP contribution >= 0.6 is 0 Å². The summed E-state index contributed by atoms with van der Waals surface area (Å²) in [5.41, 5.74) is -1.11. The lowest BCUT2D eigenvalue weighted by Crippen LogP contribution is -2.50. The lowest BCUT2D eigenvalue weighted by molar-refractivity contribution is -0.132. The number of nitriles is 1. The van der Waals surface area contributed by atoms with Crippen molar-refractivity contribution in [2.75, 3.05) is 31.6 Å². The van der Waals surface area contributed by atoms with E-state index in [1.807, 2.05) is 6.07 Å². The Labute approximate surface area is 196 Å². The number of hydrogen-bond acceptors (Lipinski definition) is 10. The molecule has 2 saturated heterocycles. The Balaban J connectivity index is 1.45. The van der Waals surface area contributed by atoms with Crippen LogP contribution in [0.5, 0.6) is 5.88 Å². The molecule has 0 radical (unpaired) electrons. The zero-order valence-electron chi connectivity index (χ0n) is 18.5. The average Bonchev–Trinajstić information content (AvgIpc) is 2.82. The van der Waals surface area contributed by atoms with Crippen molar-refractivity contribution in [2.45, 2.75) is 48.7 Å². The number of piperidine rings is 1. The van der Waals surface area contributed by atoms with E-state index in [2.05, 4.69) is 20.3 Å². The highest BCUT2D eigenvalue weighted by Gasteiger charge is 2.39. The molecule has 34 heavy (non-hydrogen) atoms. The van der Waals surface area contributed by atoms with Crippen LogP contribution in [0.1, 0.15) is 25.3 Å². The van der Waals surface area contributed by atoms with Crippen molar-refractivity contribution in [3.8, 4) is 11.9 Å². The van der Waals surface area contributed by atoms with Crippen molar-refractivity contribution < 1.29 is 27.4 Å². The highest BCUT2D eigenvalue weighted by molar-refractivity contribution is 7.89. The van der Waals surface area contributed by atoms with Crippen molar-refractivity contribution in [3.63, 3.8) is 0 Å². The Morgan fingerprint density at radius 1 is 1.41 bits per heavy atom. The predicted octanol–water partition coefficient (Wildman–Crippen LogP) is 0.875. The van der Waals surface area contributed by atoms with Crippen molar-refractivity contribution in [1.82, 2.24) is 19.3 Å². The first kappa shape index (κ1) is 24.2. The van der Waals surface area contributed by atoms with E-state index in [1.165, 1.54) is 18.5 Å². The van der Waals surface area contributed by atoms with Crippen LogP contribution in [0.25, 0.3) is 0 Å². The number of nitrogens with one attached hydrogen (secondary N) is 1. The minimum absolute atomic E-state index is 0.0269. The van der Waals surface area contributed by atoms with E-state index in [4.69, 9.17) is 9.47 Å². The van der Waals surface area contributed by atoms with Crippen LogP contribution in [0.3, 0.4) is 0 Å². The van der Waals surface area contributed by atoms with E-state index in [1.54, 1.807) is 19.1 Å². The smallest absolute Gasteiger partial charge is 0.260 e. The number of ether oxygens (including phenoxy) is 2. The highest BCUT2D eigenvalue weighted by Crippen LogP contribution is 2.28. The standard InChI is InChI=1S/C21H25FN6O5S/c1-21(29)6-9-32-13-17(21)33-19-14(10-23)11-25-20(27-19)26-16-5-8-28(12-15(16)22)34(30,31)18-4-2-3-7-24-18/h2-4,7,11,15-17,29H,5-6,8-9,12-13H2,1H3,(H,25,26,27)/t15-,16-,17+,21-/m1/s1. The molecule has 0 amide bonds. The van der Waals surface area contributed by atoms with Gasteiger partial charge in [-0.25, -0.2) is 22.8 Å². The Kier molecular flexibility index (Phi) is 6.94. The van der Waals surface area contributed by atoms with Crippen LogP contribution in [0, 0.1) is 11.3 Å². The first-order valence-electron chi connectivity index (χ1n) is 10.8. The second kappa shape index (κ2) is 9.75. The Bertz CT molecular complexity index is 1160. The van der Waals surface area contributed by atoms with E-state index in [0.717, 1.165) is 4.31 Å². The van der Waals surface area contributed by atoms with Gasteiger partial charge in [-0.15, -0.1) is 0 Å². The van der Waals surface area contributed by atoms with E-state index in [-0.39, 0.29) is 48.5 Å². The fourth-order valence-electron chi connectivity index (χ4n) is 3.76. The number of aromatic nitrogens is 3. The Hall–Kier alpha value is -2.92. The Morgan fingerprint density at radius 2 is 2.24 bits per heavy atom. The zero-order chi connectivity index (χ0) is 24.3. The monoisotopic (exact) mass is 492 g/mol. The van der Waals surface area contributed by atoms with Crippen LogP contribution in [0.15, 0.2) is 35.6 Å². The molecule has 182 valence electrons. The van der Waals surface area contributed by atoms with Crippen LogP contribution in [-0.2, 0) is 14.8 Å². The fourth-order valence-corrected chi connectivity index (χ4v) is 5.16. The van der Waals surface area contributed by atoms with Gasteiger partial charge in [-0.05, 0) is 25.5 Å². The van der Waals surface area contributed by atoms with Crippen molar-refractivity contribution >= 4 is 16.0 Å². The summed E-state index contributed by atoms with van der Waals surface area (Å²) in [5.74, 6) is -0.0274. The quantitative estimate of drug-likeness (QED) is 0.594. The van der Waals surface area contributed by atoms with Crippen LogP contribution in [-0.4, -0.2) is 83.0 Å². The molecule has 0 spiro atoms. The number of alkyl halides is 1. The molecule has 11 nitrogen and oxygen atoms in total. The molecule has 2 aromatic heterocycles. The topological polar surface area (TPSA) is 151 Å². The normalized spacial score (nSPS) is 28.1. The maximum absolute atomic E-state index is 15.0. The molecule has 4 rings (SSSR count). The number of halogens is 1. The van der Waals surface area contributed by atoms with E-state index >= 15 is 0 Å². The summed E-state index contributed by atoms with van der Waals surface area (Å²) in [5, 5.41) is 22.7. The summed E-state index contributed by atoms with van der Waals surface area (Å²) in [7, 11) is -3.90. The van der Waals surface area contributed by atoms with Gasteiger partial charge in [0.2, 0.25) is 11.8 Å². The minimum atomic E-state index is -3.90. The minimum Gasteiger partial charge on any atom is -0.468 e. The molecule has 0 bridgehead atoms. The van der Waals surface area contributed by atoms with Gasteiger partial charge in [0, 0.05) is 32.3 Å². The van der Waals surface area contributed by atoms with Gasteiger partial charge in [0.1, 0.15) is 23.4 Å². The van der Waals surface area contributed by atoms with Gasteiger partial charge in [0.15, 0.2) is 11.1 Å². The molecule has 2 fully saturated rings. The van der Waals surface area contributed by atoms with Crippen molar-refractivity contribution in [2.24, 2.45) is 0 Å². The maximum Gasteiger partial charge on any atom is 0.260 e. The van der Waals surface area contributed by atoms with Gasteiger partial charge >= 0.3 is 0 Å². The van der Waals surface area contributed by atoms with E-state index in [9.17, 15) is 23.2 Å². The SMILES string of the molecule is C[C@@]1(O)CCOC[C@@H]1Oc1nc(N[C@@H]2CCN(S(=O)(=O)c3ccccn3)C[C@H]2F)ncc1C#N. The average molecular weight is 493 g/mol. The fraction of sp³-hybridized carbons (Fsp3) is 0.524. The van der Waals surface area contributed by atoms with E-state index in [0.29, 0.717) is 13.0 Å². The molecule has 2 aromatic rings. The van der Waals surface area contributed by atoms with Gasteiger partial charge in [-0.1, -0.05) is 6.07 Å². The summed E-state index contributed by atoms with van der Waals surface area (Å²) in [4.78, 5) is 12.1. The third kappa shape index (κ3) is 5.10. The summed E-state index contributed by atoms with van der Waals surface area (Å²) in [6, 6.07) is 5.71. The van der Waals surface area contributed by atoms with Crippen molar-refractivity contribution in [1.29, 1.82) is 5.26 Å². The lowest BCUT2D eigenvalue weighted by Gasteiger charge is -2.36. The number of nitrogens with zero attached hydrogens (tertiary/aromatic N) is 5. The number of sulfonamides is 1. The first-order valence-corrected chi connectivity index (χ1v) is 12.2. The van der Waals surface area contributed by atoms with Crippen LogP contribution in [0.4, 0.5) is 10.3 Å². The van der Waals surface area contributed by atoms with Gasteiger partial charge in [-0.2, -0.15) is 14.6 Å². The molecule has 0 saturated carbocycles. The number of rotatable bonds is 6. The summed E-state index contributed by atoms with van der Waals surface area (Å²) in [6.07, 6.45) is 0.858. The third-order valence-electron chi connectivity index (χ3n) is 5.90. The number of hydrogen-bond donors (Lipinski definition) is 2. The van der Waals surface area contributed by atoms with E-state index < -0.39 is 33.9 Å². The van der Waals surface area contributed by atoms with Crippen LogP contribution < -0.4 is 10.1 Å². The van der Waals surface area contributed by atoms with Crippen molar-refractivity contribution in [3.05, 3.63) is 36.2 Å². The second-order valence-electron chi connectivity index (χ2n) is 8.40. The lowest BCUT2D eigenvalue weighted by atomic mass is 9.94. The molecule has 2 N–H and O–H groups in total. The first-order chi connectivity index (χ1) is 16.2. The summed E-state index contributed by atoms with van der Waals surface area (Å²) < 4.78 is 52.6. The third-order valence-corrected chi connectivity index (χ3v) is 7.69. The summed E-state index contributed by atoms with van der Waals surface area (Å²) in [6.45, 7) is 1.87. The second-order valence-corrected chi connectivity index (χ2v) is 10.3. The number of aliphatic hydroxyl groups is 1. The Morgan fingerprint density at radius 3 is 2.91 bits per heavy atom. The van der Waals surface area contributed by atoms with Gasteiger partial charge in [0.05, 0.1) is 18.8 Å². The van der Waals surface area contributed by atoms with Gasteiger partial charge in [0.25, 0.3) is 10.0 Å². The molecular weight excluding hydrogens is 467 g/mol. The molecule has 4 heterocycles. The molecule has 2 aliphatic heterocycles. The maximum atomic E-state index is 15.0. The largest absolute Gasteiger partial charge is 0.468 e. The number of anilines is 1. The molecule has 2 aliphatic rings. The highest BCUT2D eigenvalue weighted by atomic mass is 32.2. The van der Waals surface area contributed by atoms with Gasteiger partial charge in [-0.3, -0.25) is 0 Å². The molecule has 0 unspecified atom stereocenters. The molecular formula is C21H25FN6O5S. The van der Waals surface area contributed by atoms with Gasteiger partial charge < -0.3 is 19.9 Å². The molecule has 0 aliphatic carbocycles. The van der Waals surface area contributed by atoms with Crippen LogP contribution in [0.2, 0.25) is 0 Å². The summed E-state index contributed by atoms with van der Waals surface area (Å²) >= 11 is 0. The predicted molar refractivity (Wildman–Crippen MR) is 117 cm³/mol. The zero-order valence-corrected chi connectivity index (χ0v) is 19.3.